The van der Waals surface area contributed by atoms with Crippen LogP contribution in [0.3, 0.4) is 0 Å². The van der Waals surface area contributed by atoms with Gasteiger partial charge in [0.25, 0.3) is 0 Å². The molecule has 0 fully saturated rings. The maximum absolute atomic E-state index is 8.29. The van der Waals surface area contributed by atoms with Crippen molar-refractivity contribution in [2.24, 2.45) is 0 Å². The molecule has 0 aliphatic carbocycles. The van der Waals surface area contributed by atoms with Gasteiger partial charge in [0, 0.05) is 14.2 Å². The molecule has 0 unspecified atom stereocenters. The normalized spacial score (nSPS) is 6.55. The van der Waals surface area contributed by atoms with Gasteiger partial charge in [0.2, 0.25) is 0 Å². The zero-order valence-electron chi connectivity index (χ0n) is 6.35. The van der Waals surface area contributed by atoms with E-state index in [1.807, 2.05) is 0 Å². The molecule has 6 nitrogen and oxygen atoms in total. The Morgan fingerprint density at radius 2 is 1.18 bits per heavy atom. The summed E-state index contributed by atoms with van der Waals surface area (Å²) in [6.45, 7) is -0.361. The summed E-state index contributed by atoms with van der Waals surface area (Å²) >= 11 is -0.750. The summed E-state index contributed by atoms with van der Waals surface area (Å²) in [6.07, 6.45) is 0. The number of rotatable bonds is 2. The van der Waals surface area contributed by atoms with Gasteiger partial charge in [-0.05, 0) is 0 Å². The molecular weight excluding hydrogens is 176 g/mol. The molecule has 0 aliphatic heterocycles. The van der Waals surface area contributed by atoms with Gasteiger partial charge in [0.1, 0.15) is 13.6 Å². The van der Waals surface area contributed by atoms with Crippen molar-refractivity contribution < 1.29 is 28.1 Å². The molecule has 0 radical (unpaired) electrons. The van der Waals surface area contributed by atoms with Crippen molar-refractivity contribution in [2.45, 2.75) is 0 Å². The molecule has 0 aromatic rings. The van der Waals surface area contributed by atoms with Crippen molar-refractivity contribution in [2.75, 3.05) is 27.8 Å². The highest BCUT2D eigenvalue weighted by Gasteiger charge is 1.52. The highest BCUT2D eigenvalue weighted by atomic mass is 32.1. The molecule has 0 saturated carbocycles. The van der Waals surface area contributed by atoms with Gasteiger partial charge < -0.3 is 19.7 Å². The maximum Gasteiger partial charge on any atom is 0.335 e. The fraction of sp³-hybridized carbons (Fsp3) is 1.00. The quantitative estimate of drug-likeness (QED) is 0.512. The van der Waals surface area contributed by atoms with Gasteiger partial charge in [0.15, 0.2) is 0 Å². The Balaban J connectivity index is -0.0000000886. The van der Waals surface area contributed by atoms with Crippen LogP contribution in [0, 0.1) is 0 Å². The zero-order chi connectivity index (χ0) is 9.54. The van der Waals surface area contributed by atoms with Crippen LogP contribution >= 0.6 is 0 Å². The van der Waals surface area contributed by atoms with Crippen molar-refractivity contribution in [3.63, 3.8) is 0 Å². The molecule has 0 aliphatic rings. The molecular formula is C4H12O6S. The molecule has 0 heterocycles. The van der Waals surface area contributed by atoms with E-state index < -0.39 is 11.6 Å². The van der Waals surface area contributed by atoms with Crippen molar-refractivity contribution in [3.8, 4) is 0 Å². The molecule has 2 N–H and O–H groups in total. The van der Waals surface area contributed by atoms with E-state index in [9.17, 15) is 0 Å². The highest BCUT2D eigenvalue weighted by Crippen LogP contribution is 1.46. The minimum absolute atomic E-state index is 0.181. The Hall–Kier alpha value is -0.340. The third-order valence-corrected chi connectivity index (χ3v) is 0.258. The van der Waals surface area contributed by atoms with Crippen LogP contribution in [0.5, 0.6) is 0 Å². The molecule has 0 amide bonds. The van der Waals surface area contributed by atoms with Crippen LogP contribution in [0.15, 0.2) is 0 Å². The third kappa shape index (κ3) is 206. The standard InChI is InChI=1S/2C2H6O2.O2S/c2*1-4-2-3;1-3-2/h2*3H,2H2,1H3;. The molecule has 7 heteroatoms. The molecule has 70 valence electrons. The molecule has 0 aromatic heterocycles. The summed E-state index contributed by atoms with van der Waals surface area (Å²) in [5.74, 6) is 0. The molecule has 0 saturated heterocycles. The van der Waals surface area contributed by atoms with Crippen LogP contribution in [0.4, 0.5) is 0 Å². The van der Waals surface area contributed by atoms with E-state index >= 15 is 0 Å². The number of aliphatic hydroxyl groups excluding tert-OH is 2. The average molecular weight is 188 g/mol. The van der Waals surface area contributed by atoms with Crippen LogP contribution in [0.25, 0.3) is 0 Å². The smallest absolute Gasteiger partial charge is 0.335 e. The summed E-state index contributed by atoms with van der Waals surface area (Å²) in [7, 11) is 2.86. The van der Waals surface area contributed by atoms with Crippen LogP contribution in [-0.4, -0.2) is 46.4 Å². The maximum atomic E-state index is 8.29. The Labute approximate surface area is 68.4 Å². The Bertz CT molecular complexity index is 63.0. The van der Waals surface area contributed by atoms with Crippen LogP contribution in [0.1, 0.15) is 0 Å². The average Bonchev–Trinajstić information content (AvgIpc) is 2.06. The van der Waals surface area contributed by atoms with Gasteiger partial charge in [-0.15, -0.1) is 0 Å². The minimum Gasteiger partial charge on any atom is -0.371 e. The summed E-state index contributed by atoms with van der Waals surface area (Å²) < 4.78 is 24.8. The fourth-order valence-corrected chi connectivity index (χ4v) is 0. The lowest BCUT2D eigenvalue weighted by molar-refractivity contribution is 0.0322. The van der Waals surface area contributed by atoms with Gasteiger partial charge in [-0.25, -0.2) is 0 Å². The van der Waals surface area contributed by atoms with Gasteiger partial charge in [-0.3, -0.25) is 0 Å². The van der Waals surface area contributed by atoms with E-state index in [1.165, 1.54) is 14.2 Å². The first-order valence-corrected chi connectivity index (χ1v) is 3.03. The minimum atomic E-state index is -0.750. The van der Waals surface area contributed by atoms with Crippen molar-refractivity contribution >= 4 is 11.6 Å². The summed E-state index contributed by atoms with van der Waals surface area (Å²) in [5.41, 5.74) is 0. The van der Waals surface area contributed by atoms with Crippen molar-refractivity contribution in [1.82, 2.24) is 0 Å². The van der Waals surface area contributed by atoms with E-state index in [1.54, 1.807) is 0 Å². The van der Waals surface area contributed by atoms with E-state index in [2.05, 4.69) is 9.47 Å². The van der Waals surface area contributed by atoms with Crippen molar-refractivity contribution in [1.29, 1.82) is 0 Å². The summed E-state index contributed by atoms with van der Waals surface area (Å²) in [5, 5.41) is 15.3. The van der Waals surface area contributed by atoms with Crippen LogP contribution in [-0.2, 0) is 21.0 Å². The van der Waals surface area contributed by atoms with Gasteiger partial charge in [-0.1, -0.05) is 0 Å². The van der Waals surface area contributed by atoms with Gasteiger partial charge >= 0.3 is 11.6 Å². The zero-order valence-corrected chi connectivity index (χ0v) is 7.17. The highest BCUT2D eigenvalue weighted by molar-refractivity contribution is 7.51. The lowest BCUT2D eigenvalue weighted by Crippen LogP contribution is -1.79. The first-order valence-electron chi connectivity index (χ1n) is 2.36. The lowest BCUT2D eigenvalue weighted by atomic mass is 11.4. The third-order valence-electron chi connectivity index (χ3n) is 0.258. The van der Waals surface area contributed by atoms with E-state index in [4.69, 9.17) is 18.6 Å². The topological polar surface area (TPSA) is 93.1 Å². The number of ether oxygens (including phenoxy) is 2. The molecule has 0 bridgehead atoms. The monoisotopic (exact) mass is 188 g/mol. The molecule has 0 rings (SSSR count). The molecule has 11 heavy (non-hydrogen) atoms. The summed E-state index contributed by atoms with van der Waals surface area (Å²) in [6, 6.07) is 0. The first-order chi connectivity index (χ1) is 5.24. The molecule has 0 spiro atoms. The number of aliphatic hydroxyl groups is 2. The Morgan fingerprint density at radius 3 is 1.18 bits per heavy atom. The van der Waals surface area contributed by atoms with E-state index in [0.29, 0.717) is 0 Å². The second kappa shape index (κ2) is 33.4. The number of hydrogen-bond donors (Lipinski definition) is 2. The largest absolute Gasteiger partial charge is 0.371 e. The fourth-order valence-electron chi connectivity index (χ4n) is 0. The molecule has 0 aromatic carbocycles. The van der Waals surface area contributed by atoms with Gasteiger partial charge in [0.05, 0.1) is 0 Å². The van der Waals surface area contributed by atoms with Crippen LogP contribution in [0.2, 0.25) is 0 Å². The Morgan fingerprint density at radius 1 is 1.09 bits per heavy atom. The lowest BCUT2D eigenvalue weighted by Gasteiger charge is -1.76. The number of methoxy groups -OCH3 is 2. The van der Waals surface area contributed by atoms with Gasteiger partial charge in [-0.2, -0.15) is 8.42 Å². The second-order valence-corrected chi connectivity index (χ2v) is 1.04. The number of hydrogen-bond acceptors (Lipinski definition) is 6. The predicted molar refractivity (Wildman–Crippen MR) is 37.1 cm³/mol. The van der Waals surface area contributed by atoms with Crippen LogP contribution < -0.4 is 0 Å². The second-order valence-electron chi connectivity index (χ2n) is 0.904. The van der Waals surface area contributed by atoms with Crippen molar-refractivity contribution in [3.05, 3.63) is 0 Å². The first kappa shape index (κ1) is 17.0. The Kier molecular flexibility index (Phi) is 51.4. The molecule has 0 atom stereocenters. The SMILES string of the molecule is COCO.COCO.O=S=O. The predicted octanol–water partition coefficient (Wildman–Crippen LogP) is -1.51. The van der Waals surface area contributed by atoms with E-state index in [-0.39, 0.29) is 13.6 Å². The van der Waals surface area contributed by atoms with E-state index in [0.717, 1.165) is 0 Å². The summed E-state index contributed by atoms with van der Waals surface area (Å²) in [4.78, 5) is 0.